The van der Waals surface area contributed by atoms with Gasteiger partial charge in [-0.15, -0.1) is 11.6 Å². The lowest BCUT2D eigenvalue weighted by molar-refractivity contribution is -0.139. The highest BCUT2D eigenvalue weighted by molar-refractivity contribution is 6.35. The first-order valence-corrected chi connectivity index (χ1v) is 6.22. The number of benzene rings is 1. The third kappa shape index (κ3) is 2.61. The highest BCUT2D eigenvalue weighted by Gasteiger charge is 2.46. The SMILES string of the molecule is O=C1CCCCC1(Cl)c1ccc(F)cc1C(F)(F)F. The van der Waals surface area contributed by atoms with Crippen molar-refractivity contribution in [2.24, 2.45) is 0 Å². The molecule has 1 saturated carbocycles. The third-order valence-corrected chi connectivity index (χ3v) is 3.93. The second-order valence-electron chi connectivity index (χ2n) is 4.62. The molecular weight excluding hydrogens is 284 g/mol. The van der Waals surface area contributed by atoms with Gasteiger partial charge in [-0.25, -0.2) is 4.39 Å². The summed E-state index contributed by atoms with van der Waals surface area (Å²) in [5.74, 6) is -1.43. The Morgan fingerprint density at radius 2 is 1.89 bits per heavy atom. The average Bonchev–Trinajstić information content (AvgIpc) is 2.32. The molecule has 0 heterocycles. The zero-order chi connectivity index (χ0) is 14.3. The second kappa shape index (κ2) is 4.78. The van der Waals surface area contributed by atoms with Gasteiger partial charge < -0.3 is 0 Å². The van der Waals surface area contributed by atoms with Crippen molar-refractivity contribution in [1.82, 2.24) is 0 Å². The van der Waals surface area contributed by atoms with Crippen LogP contribution >= 0.6 is 11.6 Å². The molecule has 1 atom stereocenters. The van der Waals surface area contributed by atoms with Crippen LogP contribution < -0.4 is 0 Å². The Morgan fingerprint density at radius 3 is 2.47 bits per heavy atom. The number of rotatable bonds is 1. The molecule has 104 valence electrons. The van der Waals surface area contributed by atoms with Gasteiger partial charge in [0.15, 0.2) is 5.78 Å². The van der Waals surface area contributed by atoms with Crippen molar-refractivity contribution in [3.05, 3.63) is 35.1 Å². The van der Waals surface area contributed by atoms with Gasteiger partial charge >= 0.3 is 6.18 Å². The fourth-order valence-corrected chi connectivity index (χ4v) is 2.77. The molecule has 1 unspecified atom stereocenters. The van der Waals surface area contributed by atoms with Gasteiger partial charge in [-0.05, 0) is 30.5 Å². The molecule has 1 aromatic carbocycles. The lowest BCUT2D eigenvalue weighted by atomic mass is 9.80. The summed E-state index contributed by atoms with van der Waals surface area (Å²) in [7, 11) is 0. The zero-order valence-electron chi connectivity index (χ0n) is 9.86. The number of hydrogen-bond acceptors (Lipinski definition) is 1. The number of Topliss-reactive ketones (excluding diaryl/α,β-unsaturated/α-hetero) is 1. The number of carbonyl (C=O) groups excluding carboxylic acids is 1. The van der Waals surface area contributed by atoms with Crippen molar-refractivity contribution in [2.45, 2.75) is 36.7 Å². The maximum Gasteiger partial charge on any atom is 0.416 e. The molecule has 0 amide bonds. The Morgan fingerprint density at radius 1 is 1.21 bits per heavy atom. The van der Waals surface area contributed by atoms with Crippen molar-refractivity contribution in [2.75, 3.05) is 0 Å². The summed E-state index contributed by atoms with van der Waals surface area (Å²) < 4.78 is 51.9. The molecule has 2 rings (SSSR count). The Balaban J connectivity index is 2.58. The van der Waals surface area contributed by atoms with E-state index in [2.05, 4.69) is 0 Å². The predicted octanol–water partition coefficient (Wildman–Crippen LogP) is 4.42. The van der Waals surface area contributed by atoms with Gasteiger partial charge in [0.2, 0.25) is 0 Å². The van der Waals surface area contributed by atoms with E-state index in [9.17, 15) is 22.4 Å². The van der Waals surface area contributed by atoms with E-state index < -0.39 is 28.2 Å². The number of hydrogen-bond donors (Lipinski definition) is 0. The number of alkyl halides is 4. The highest BCUT2D eigenvalue weighted by atomic mass is 35.5. The molecule has 6 heteroatoms. The van der Waals surface area contributed by atoms with Crippen LogP contribution in [0.3, 0.4) is 0 Å². The lowest BCUT2D eigenvalue weighted by Crippen LogP contribution is -2.35. The minimum absolute atomic E-state index is 0.141. The van der Waals surface area contributed by atoms with E-state index in [-0.39, 0.29) is 18.4 Å². The Labute approximate surface area is 112 Å². The van der Waals surface area contributed by atoms with Crippen LogP contribution in [-0.4, -0.2) is 5.78 Å². The van der Waals surface area contributed by atoms with Crippen LogP contribution in [0.5, 0.6) is 0 Å². The maximum atomic E-state index is 13.0. The predicted molar refractivity (Wildman–Crippen MR) is 62.4 cm³/mol. The quantitative estimate of drug-likeness (QED) is 0.553. The van der Waals surface area contributed by atoms with Crippen molar-refractivity contribution in [1.29, 1.82) is 0 Å². The summed E-state index contributed by atoms with van der Waals surface area (Å²) >= 11 is 6.14. The van der Waals surface area contributed by atoms with E-state index in [1.165, 1.54) is 0 Å². The third-order valence-electron chi connectivity index (χ3n) is 3.33. The standard InChI is InChI=1S/C13H11ClF4O/c14-12(6-2-1-3-11(12)19)9-5-4-8(15)7-10(9)13(16,17)18/h4-5,7H,1-3,6H2. The van der Waals surface area contributed by atoms with E-state index >= 15 is 0 Å². The van der Waals surface area contributed by atoms with Crippen molar-refractivity contribution in [3.63, 3.8) is 0 Å². The van der Waals surface area contributed by atoms with E-state index in [4.69, 9.17) is 11.6 Å². The van der Waals surface area contributed by atoms with Crippen molar-refractivity contribution in [3.8, 4) is 0 Å². The summed E-state index contributed by atoms with van der Waals surface area (Å²) in [5.41, 5.74) is -1.51. The van der Waals surface area contributed by atoms with E-state index in [0.29, 0.717) is 18.9 Å². The minimum Gasteiger partial charge on any atom is -0.297 e. The number of carbonyl (C=O) groups is 1. The maximum absolute atomic E-state index is 13.0. The molecule has 1 aliphatic carbocycles. The zero-order valence-corrected chi connectivity index (χ0v) is 10.6. The topological polar surface area (TPSA) is 17.1 Å². The number of ketones is 1. The first-order chi connectivity index (χ1) is 8.75. The Bertz CT molecular complexity index is 512. The molecule has 0 aliphatic heterocycles. The largest absolute Gasteiger partial charge is 0.416 e. The highest BCUT2D eigenvalue weighted by Crippen LogP contribution is 2.45. The summed E-state index contributed by atoms with van der Waals surface area (Å²) in [6.45, 7) is 0. The molecule has 19 heavy (non-hydrogen) atoms. The van der Waals surface area contributed by atoms with Gasteiger partial charge in [0, 0.05) is 6.42 Å². The van der Waals surface area contributed by atoms with E-state index in [0.717, 1.165) is 12.1 Å². The molecule has 1 aliphatic rings. The molecule has 1 nitrogen and oxygen atoms in total. The fraction of sp³-hybridized carbons (Fsp3) is 0.462. The lowest BCUT2D eigenvalue weighted by Gasteiger charge is -2.32. The van der Waals surface area contributed by atoms with Crippen molar-refractivity contribution >= 4 is 17.4 Å². The van der Waals surface area contributed by atoms with Crippen LogP contribution in [0, 0.1) is 5.82 Å². The molecule has 1 fully saturated rings. The molecule has 0 aromatic heterocycles. The van der Waals surface area contributed by atoms with Gasteiger partial charge in [0.25, 0.3) is 0 Å². The minimum atomic E-state index is -4.74. The van der Waals surface area contributed by atoms with E-state index in [1.807, 2.05) is 0 Å². The van der Waals surface area contributed by atoms with Crippen LogP contribution in [0.2, 0.25) is 0 Å². The van der Waals surface area contributed by atoms with Gasteiger partial charge in [-0.1, -0.05) is 12.5 Å². The van der Waals surface area contributed by atoms with Crippen LogP contribution in [-0.2, 0) is 15.8 Å². The molecule has 0 bridgehead atoms. The van der Waals surface area contributed by atoms with Gasteiger partial charge in [-0.2, -0.15) is 13.2 Å². The van der Waals surface area contributed by atoms with Gasteiger partial charge in [0.1, 0.15) is 10.7 Å². The monoisotopic (exact) mass is 294 g/mol. The van der Waals surface area contributed by atoms with Gasteiger partial charge in [-0.3, -0.25) is 4.79 Å². The Kier molecular flexibility index (Phi) is 3.60. The molecular formula is C13H11ClF4O. The van der Waals surface area contributed by atoms with Crippen LogP contribution in [0.25, 0.3) is 0 Å². The van der Waals surface area contributed by atoms with Crippen LogP contribution in [0.15, 0.2) is 18.2 Å². The average molecular weight is 295 g/mol. The number of halogens is 5. The molecule has 1 aromatic rings. The first kappa shape index (κ1) is 14.3. The molecule has 0 N–H and O–H groups in total. The first-order valence-electron chi connectivity index (χ1n) is 5.84. The molecule has 0 saturated heterocycles. The summed E-state index contributed by atoms with van der Waals surface area (Å²) in [5, 5.41) is 0. The molecule has 0 radical (unpaired) electrons. The van der Waals surface area contributed by atoms with Crippen LogP contribution in [0.1, 0.15) is 36.8 Å². The normalized spacial score (nSPS) is 24.6. The Hall–Kier alpha value is -1.10. The molecule has 0 spiro atoms. The summed E-state index contributed by atoms with van der Waals surface area (Å²) in [6.07, 6.45) is -3.25. The second-order valence-corrected chi connectivity index (χ2v) is 5.26. The van der Waals surface area contributed by atoms with Gasteiger partial charge in [0.05, 0.1) is 5.56 Å². The van der Waals surface area contributed by atoms with Crippen molar-refractivity contribution < 1.29 is 22.4 Å². The van der Waals surface area contributed by atoms with Crippen LogP contribution in [0.4, 0.5) is 17.6 Å². The van der Waals surface area contributed by atoms with E-state index in [1.54, 1.807) is 0 Å². The summed E-state index contributed by atoms with van der Waals surface area (Å²) in [4.78, 5) is 10.2. The summed E-state index contributed by atoms with van der Waals surface area (Å²) in [6, 6.07) is 2.26. The fourth-order valence-electron chi connectivity index (χ4n) is 2.37. The smallest absolute Gasteiger partial charge is 0.297 e.